The van der Waals surface area contributed by atoms with Gasteiger partial charge in [0.15, 0.2) is 5.96 Å². The third-order valence-electron chi connectivity index (χ3n) is 3.87. The molecule has 2 heterocycles. The van der Waals surface area contributed by atoms with Crippen molar-refractivity contribution in [2.45, 2.75) is 12.5 Å². The Labute approximate surface area is 118 Å². The fourth-order valence-electron chi connectivity index (χ4n) is 2.86. The Morgan fingerprint density at radius 3 is 3.00 bits per heavy atom. The molecule has 3 rings (SSSR count). The van der Waals surface area contributed by atoms with Crippen LogP contribution in [0.1, 0.15) is 6.42 Å². The van der Waals surface area contributed by atoms with Crippen LogP contribution in [-0.2, 0) is 0 Å². The highest BCUT2D eigenvalue weighted by Gasteiger charge is 2.36. The van der Waals surface area contributed by atoms with E-state index >= 15 is 0 Å². The van der Waals surface area contributed by atoms with Gasteiger partial charge in [0, 0.05) is 0 Å². The first kappa shape index (κ1) is 12.7. The lowest BCUT2D eigenvalue weighted by atomic mass is 9.98. The van der Waals surface area contributed by atoms with Gasteiger partial charge < -0.3 is 15.4 Å². The molecule has 0 aliphatic carbocycles. The Hall–Kier alpha value is -1.36. The van der Waals surface area contributed by atoms with Gasteiger partial charge in [0.05, 0.1) is 25.4 Å². The molecule has 1 aromatic rings. The van der Waals surface area contributed by atoms with Crippen LogP contribution in [0, 0.1) is 5.92 Å². The molecule has 2 atom stereocenters. The van der Waals surface area contributed by atoms with E-state index in [1.54, 1.807) is 7.11 Å². The van der Waals surface area contributed by atoms with Crippen LogP contribution >= 0.6 is 11.8 Å². The summed E-state index contributed by atoms with van der Waals surface area (Å²) >= 11 is 2.03. The number of ether oxygens (including phenoxy) is 1. The molecule has 19 heavy (non-hydrogen) atoms. The summed E-state index contributed by atoms with van der Waals surface area (Å²) in [6.45, 7) is 0.801. The molecule has 1 aromatic carbocycles. The van der Waals surface area contributed by atoms with Gasteiger partial charge in [-0.25, -0.2) is 0 Å². The monoisotopic (exact) mass is 277 g/mol. The Morgan fingerprint density at radius 2 is 2.26 bits per heavy atom. The molecular formula is C14H19N3OS. The van der Waals surface area contributed by atoms with Crippen molar-refractivity contribution in [2.75, 3.05) is 30.1 Å². The summed E-state index contributed by atoms with van der Waals surface area (Å²) < 4.78 is 5.46. The molecule has 0 saturated carbocycles. The quantitative estimate of drug-likeness (QED) is 0.917. The number of hydrogen-bond acceptors (Lipinski definition) is 5. The first-order valence-electron chi connectivity index (χ1n) is 6.61. The van der Waals surface area contributed by atoms with Gasteiger partial charge in [-0.2, -0.15) is 11.8 Å². The fraction of sp³-hybridized carbons (Fsp3) is 0.500. The molecule has 4 nitrogen and oxygen atoms in total. The summed E-state index contributed by atoms with van der Waals surface area (Å²) in [4.78, 5) is 6.61. The van der Waals surface area contributed by atoms with E-state index in [0.29, 0.717) is 17.9 Å². The molecule has 0 bridgehead atoms. The number of guanidine groups is 1. The van der Waals surface area contributed by atoms with Crippen molar-refractivity contribution < 1.29 is 4.74 Å². The molecule has 2 unspecified atom stereocenters. The van der Waals surface area contributed by atoms with Crippen LogP contribution in [0.4, 0.5) is 5.69 Å². The van der Waals surface area contributed by atoms with Crippen molar-refractivity contribution in [1.29, 1.82) is 0 Å². The molecule has 0 spiro atoms. The summed E-state index contributed by atoms with van der Waals surface area (Å²) in [6.07, 6.45) is 1.25. The van der Waals surface area contributed by atoms with Gasteiger partial charge in [0.2, 0.25) is 0 Å². The van der Waals surface area contributed by atoms with Gasteiger partial charge in [-0.05, 0) is 36.0 Å². The number of rotatable bonds is 3. The zero-order valence-electron chi connectivity index (χ0n) is 11.1. The van der Waals surface area contributed by atoms with Crippen molar-refractivity contribution in [3.63, 3.8) is 0 Å². The van der Waals surface area contributed by atoms with Crippen LogP contribution in [0.3, 0.4) is 0 Å². The first-order chi connectivity index (χ1) is 9.31. The molecule has 1 saturated heterocycles. The molecular weight excluding hydrogens is 258 g/mol. The van der Waals surface area contributed by atoms with E-state index < -0.39 is 0 Å². The summed E-state index contributed by atoms with van der Waals surface area (Å²) in [5.41, 5.74) is 7.14. The van der Waals surface area contributed by atoms with Crippen LogP contribution < -0.4 is 15.4 Å². The first-order valence-corrected chi connectivity index (χ1v) is 7.76. The molecule has 1 fully saturated rings. The zero-order chi connectivity index (χ0) is 13.2. The number of nitrogens with zero attached hydrogens (tertiary/aromatic N) is 2. The summed E-state index contributed by atoms with van der Waals surface area (Å²) in [6, 6.07) is 8.41. The molecule has 2 N–H and O–H groups in total. The maximum Gasteiger partial charge on any atom is 0.196 e. The third-order valence-corrected chi connectivity index (χ3v) is 5.06. The van der Waals surface area contributed by atoms with E-state index in [2.05, 4.69) is 16.0 Å². The van der Waals surface area contributed by atoms with Gasteiger partial charge in [-0.1, -0.05) is 12.1 Å². The summed E-state index contributed by atoms with van der Waals surface area (Å²) in [7, 11) is 1.70. The molecule has 0 aromatic heterocycles. The number of benzene rings is 1. The fourth-order valence-corrected chi connectivity index (χ4v) is 4.19. The van der Waals surface area contributed by atoms with Gasteiger partial charge in [-0.15, -0.1) is 0 Å². The van der Waals surface area contributed by atoms with Crippen LogP contribution in [0.2, 0.25) is 0 Å². The van der Waals surface area contributed by atoms with Gasteiger partial charge in [0.25, 0.3) is 0 Å². The normalized spacial score (nSPS) is 26.6. The zero-order valence-corrected chi connectivity index (χ0v) is 11.9. The molecule has 102 valence electrons. The Balaban J connectivity index is 1.93. The molecule has 0 amide bonds. The summed E-state index contributed by atoms with van der Waals surface area (Å²) in [5, 5.41) is 0. The van der Waals surface area contributed by atoms with E-state index in [-0.39, 0.29) is 0 Å². The predicted octanol–water partition coefficient (Wildman–Crippen LogP) is 1.95. The van der Waals surface area contributed by atoms with Crippen molar-refractivity contribution in [2.24, 2.45) is 16.6 Å². The van der Waals surface area contributed by atoms with Crippen molar-refractivity contribution in [3.05, 3.63) is 24.3 Å². The Morgan fingerprint density at radius 1 is 1.42 bits per heavy atom. The van der Waals surface area contributed by atoms with E-state index in [1.165, 1.54) is 17.9 Å². The van der Waals surface area contributed by atoms with Crippen molar-refractivity contribution >= 4 is 23.4 Å². The second-order valence-corrected chi connectivity index (χ2v) is 6.08. The number of para-hydroxylation sites is 2. The summed E-state index contributed by atoms with van der Waals surface area (Å²) in [5.74, 6) is 4.60. The number of anilines is 1. The maximum absolute atomic E-state index is 6.11. The van der Waals surface area contributed by atoms with Crippen molar-refractivity contribution in [3.8, 4) is 5.75 Å². The van der Waals surface area contributed by atoms with Crippen LogP contribution in [0.5, 0.6) is 5.75 Å². The average Bonchev–Trinajstić information content (AvgIpc) is 3.07. The highest BCUT2D eigenvalue weighted by molar-refractivity contribution is 7.99. The molecule has 5 heteroatoms. The second kappa shape index (κ2) is 5.33. The number of thioether (sulfide) groups is 1. The lowest BCUT2D eigenvalue weighted by Crippen LogP contribution is -2.45. The van der Waals surface area contributed by atoms with E-state index in [9.17, 15) is 0 Å². The lowest BCUT2D eigenvalue weighted by Gasteiger charge is -2.31. The highest BCUT2D eigenvalue weighted by atomic mass is 32.2. The van der Waals surface area contributed by atoms with Crippen molar-refractivity contribution in [1.82, 2.24) is 0 Å². The minimum Gasteiger partial charge on any atom is -0.495 e. The minimum atomic E-state index is 0.381. The standard InChI is InChI=1S/C14H19N3OS/c1-18-13-5-3-2-4-11(13)17-12(8-16-14(17)15)10-6-7-19-9-10/h2-5,10,12H,6-9H2,1H3,(H2,15,16). The third kappa shape index (κ3) is 2.27. The van der Waals surface area contributed by atoms with Crippen LogP contribution in [0.15, 0.2) is 29.3 Å². The van der Waals surface area contributed by atoms with E-state index in [4.69, 9.17) is 10.5 Å². The smallest absolute Gasteiger partial charge is 0.196 e. The molecule has 2 aliphatic rings. The Kier molecular flexibility index (Phi) is 3.55. The largest absolute Gasteiger partial charge is 0.495 e. The molecule has 2 aliphatic heterocycles. The molecule has 0 radical (unpaired) electrons. The van der Waals surface area contributed by atoms with Gasteiger partial charge in [-0.3, -0.25) is 4.99 Å². The highest BCUT2D eigenvalue weighted by Crippen LogP contribution is 2.36. The lowest BCUT2D eigenvalue weighted by molar-refractivity contribution is 0.411. The average molecular weight is 277 g/mol. The SMILES string of the molecule is COc1ccccc1N1C(N)=NCC1C1CCSC1. The Bertz CT molecular complexity index is 485. The number of nitrogens with two attached hydrogens (primary N) is 1. The maximum atomic E-state index is 6.11. The number of methoxy groups -OCH3 is 1. The van der Waals surface area contributed by atoms with Crippen LogP contribution in [0.25, 0.3) is 0 Å². The van der Waals surface area contributed by atoms with Gasteiger partial charge in [0.1, 0.15) is 5.75 Å². The predicted molar refractivity (Wildman–Crippen MR) is 81.2 cm³/mol. The minimum absolute atomic E-state index is 0.381. The van der Waals surface area contributed by atoms with Gasteiger partial charge >= 0.3 is 0 Å². The topological polar surface area (TPSA) is 50.9 Å². The number of hydrogen-bond donors (Lipinski definition) is 1. The second-order valence-electron chi connectivity index (χ2n) is 4.93. The van der Waals surface area contributed by atoms with Crippen LogP contribution in [-0.4, -0.2) is 37.2 Å². The van der Waals surface area contributed by atoms with E-state index in [1.807, 2.05) is 30.0 Å². The number of aliphatic imine (C=N–C) groups is 1. The van der Waals surface area contributed by atoms with E-state index in [0.717, 1.165) is 18.0 Å².